The van der Waals surface area contributed by atoms with Crippen LogP contribution in [-0.4, -0.2) is 25.2 Å². The van der Waals surface area contributed by atoms with Crippen LogP contribution in [0.25, 0.3) is 0 Å². The molecule has 31 heavy (non-hydrogen) atoms. The van der Waals surface area contributed by atoms with Gasteiger partial charge in [-0.1, -0.05) is 34.1 Å². The summed E-state index contributed by atoms with van der Waals surface area (Å²) in [7, 11) is 0. The van der Waals surface area contributed by atoms with Gasteiger partial charge < -0.3 is 24.8 Å². The molecule has 0 fully saturated rings. The fraction of sp³-hybridized carbons (Fsp3) is 0.304. The topological polar surface area (TPSA) is 85.9 Å². The monoisotopic (exact) mass is 488 g/mol. The van der Waals surface area contributed by atoms with E-state index in [2.05, 4.69) is 26.6 Å². The average Bonchev–Trinajstić information content (AvgIpc) is 2.73. The van der Waals surface area contributed by atoms with Gasteiger partial charge in [-0.2, -0.15) is 0 Å². The SMILES string of the molecule is CCOC(=O)C1=C(C)NC(=O)NC1c1ccc(OCc2ccc(Br)cc2)c(OCC)c1. The number of esters is 1. The molecule has 164 valence electrons. The predicted molar refractivity (Wildman–Crippen MR) is 120 cm³/mol. The summed E-state index contributed by atoms with van der Waals surface area (Å²) in [5, 5.41) is 5.43. The number of urea groups is 1. The Bertz CT molecular complexity index is 988. The molecule has 0 saturated heterocycles. The van der Waals surface area contributed by atoms with Crippen LogP contribution in [0.3, 0.4) is 0 Å². The molecule has 2 aromatic rings. The summed E-state index contributed by atoms with van der Waals surface area (Å²) in [5.74, 6) is 0.629. The summed E-state index contributed by atoms with van der Waals surface area (Å²) >= 11 is 3.42. The van der Waals surface area contributed by atoms with Crippen LogP contribution in [-0.2, 0) is 16.1 Å². The van der Waals surface area contributed by atoms with Crippen LogP contribution in [0.5, 0.6) is 11.5 Å². The molecule has 8 heteroatoms. The summed E-state index contributed by atoms with van der Waals surface area (Å²) < 4.78 is 17.9. The number of nitrogens with one attached hydrogen (secondary N) is 2. The Morgan fingerprint density at radius 3 is 2.45 bits per heavy atom. The Morgan fingerprint density at radius 1 is 1.03 bits per heavy atom. The van der Waals surface area contributed by atoms with Crippen molar-refractivity contribution in [2.75, 3.05) is 13.2 Å². The van der Waals surface area contributed by atoms with Crippen molar-refractivity contribution in [3.63, 3.8) is 0 Å². The molecule has 7 nitrogen and oxygen atoms in total. The minimum absolute atomic E-state index is 0.239. The molecule has 1 unspecified atom stereocenters. The maximum atomic E-state index is 12.5. The van der Waals surface area contributed by atoms with Crippen molar-refractivity contribution >= 4 is 27.9 Å². The van der Waals surface area contributed by atoms with Crippen LogP contribution in [0, 0.1) is 0 Å². The second-order valence-corrected chi connectivity index (χ2v) is 7.76. The number of halogens is 1. The Morgan fingerprint density at radius 2 is 1.77 bits per heavy atom. The van der Waals surface area contributed by atoms with Crippen LogP contribution in [0.15, 0.2) is 58.2 Å². The van der Waals surface area contributed by atoms with E-state index in [0.29, 0.717) is 41.5 Å². The van der Waals surface area contributed by atoms with E-state index in [1.807, 2.05) is 37.3 Å². The largest absolute Gasteiger partial charge is 0.490 e. The highest BCUT2D eigenvalue weighted by Crippen LogP contribution is 2.35. The van der Waals surface area contributed by atoms with E-state index >= 15 is 0 Å². The standard InChI is InChI=1S/C23H25BrN2O5/c1-4-29-19-12-16(8-11-18(19)31-13-15-6-9-17(24)10-7-15)21-20(22(27)30-5-2)14(3)25-23(28)26-21/h6-12,21H,4-5,13H2,1-3H3,(H2,25,26,28). The van der Waals surface area contributed by atoms with Crippen LogP contribution in [0.1, 0.15) is 37.9 Å². The number of hydrogen-bond donors (Lipinski definition) is 2. The van der Waals surface area contributed by atoms with E-state index in [9.17, 15) is 9.59 Å². The zero-order valence-electron chi connectivity index (χ0n) is 17.7. The lowest BCUT2D eigenvalue weighted by Crippen LogP contribution is -2.45. The molecule has 1 aliphatic heterocycles. The summed E-state index contributed by atoms with van der Waals surface area (Å²) in [6, 6.07) is 12.2. The van der Waals surface area contributed by atoms with Gasteiger partial charge in [0, 0.05) is 10.2 Å². The third kappa shape index (κ3) is 5.58. The zero-order chi connectivity index (χ0) is 22.4. The van der Waals surface area contributed by atoms with Gasteiger partial charge in [-0.25, -0.2) is 9.59 Å². The van der Waals surface area contributed by atoms with Gasteiger partial charge in [0.05, 0.1) is 24.8 Å². The number of carbonyl (C=O) groups excluding carboxylic acids is 2. The van der Waals surface area contributed by atoms with E-state index in [-0.39, 0.29) is 12.6 Å². The minimum atomic E-state index is -0.660. The van der Waals surface area contributed by atoms with Crippen LogP contribution >= 0.6 is 15.9 Å². The number of carbonyl (C=O) groups is 2. The molecule has 1 atom stereocenters. The van der Waals surface area contributed by atoms with Crippen LogP contribution in [0.4, 0.5) is 4.79 Å². The number of allylic oxidation sites excluding steroid dienone is 1. The second kappa shape index (κ2) is 10.3. The second-order valence-electron chi connectivity index (χ2n) is 6.84. The van der Waals surface area contributed by atoms with E-state index in [4.69, 9.17) is 14.2 Å². The number of hydrogen-bond acceptors (Lipinski definition) is 5. The van der Waals surface area contributed by atoms with Gasteiger partial charge in [0.2, 0.25) is 0 Å². The number of ether oxygens (including phenoxy) is 3. The summed E-state index contributed by atoms with van der Waals surface area (Å²) in [6.07, 6.45) is 0. The van der Waals surface area contributed by atoms with E-state index in [0.717, 1.165) is 10.0 Å². The summed E-state index contributed by atoms with van der Waals surface area (Å²) in [4.78, 5) is 24.6. The van der Waals surface area contributed by atoms with E-state index in [1.165, 1.54) is 0 Å². The average molecular weight is 489 g/mol. The van der Waals surface area contributed by atoms with Crippen molar-refractivity contribution in [3.05, 3.63) is 69.3 Å². The molecule has 2 aromatic carbocycles. The molecule has 2 amide bonds. The summed E-state index contributed by atoms with van der Waals surface area (Å²) in [5.41, 5.74) is 2.52. The van der Waals surface area contributed by atoms with Crippen LogP contribution in [0.2, 0.25) is 0 Å². The van der Waals surface area contributed by atoms with Crippen molar-refractivity contribution in [1.29, 1.82) is 0 Å². The number of benzene rings is 2. The van der Waals surface area contributed by atoms with Gasteiger partial charge in [-0.3, -0.25) is 0 Å². The Labute approximate surface area is 189 Å². The molecular formula is C23H25BrN2O5. The molecule has 0 aliphatic carbocycles. The fourth-order valence-electron chi connectivity index (χ4n) is 3.26. The smallest absolute Gasteiger partial charge is 0.338 e. The highest BCUT2D eigenvalue weighted by atomic mass is 79.9. The van der Waals surface area contributed by atoms with Crippen LogP contribution < -0.4 is 20.1 Å². The molecule has 2 N–H and O–H groups in total. The first-order valence-electron chi connectivity index (χ1n) is 10.0. The first kappa shape index (κ1) is 22.7. The molecular weight excluding hydrogens is 464 g/mol. The van der Waals surface area contributed by atoms with Gasteiger partial charge in [-0.05, 0) is 56.2 Å². The molecule has 0 saturated carbocycles. The first-order chi connectivity index (χ1) is 14.9. The molecule has 1 aliphatic rings. The molecule has 1 heterocycles. The lowest BCUT2D eigenvalue weighted by atomic mass is 9.95. The van der Waals surface area contributed by atoms with E-state index < -0.39 is 12.0 Å². The highest BCUT2D eigenvalue weighted by Gasteiger charge is 2.32. The van der Waals surface area contributed by atoms with Gasteiger partial charge in [-0.15, -0.1) is 0 Å². The maximum Gasteiger partial charge on any atom is 0.338 e. The lowest BCUT2D eigenvalue weighted by Gasteiger charge is -2.28. The van der Waals surface area contributed by atoms with Crippen molar-refractivity contribution in [2.24, 2.45) is 0 Å². The fourth-order valence-corrected chi connectivity index (χ4v) is 3.52. The van der Waals surface area contributed by atoms with Gasteiger partial charge in [0.1, 0.15) is 6.61 Å². The quantitative estimate of drug-likeness (QED) is 0.529. The molecule has 0 bridgehead atoms. The highest BCUT2D eigenvalue weighted by molar-refractivity contribution is 9.10. The zero-order valence-corrected chi connectivity index (χ0v) is 19.2. The normalized spacial score (nSPS) is 15.7. The lowest BCUT2D eigenvalue weighted by molar-refractivity contribution is -0.139. The van der Waals surface area contributed by atoms with Gasteiger partial charge in [0.15, 0.2) is 11.5 Å². The Balaban J connectivity index is 1.89. The number of rotatable bonds is 8. The summed E-state index contributed by atoms with van der Waals surface area (Å²) in [6.45, 7) is 6.36. The minimum Gasteiger partial charge on any atom is -0.490 e. The van der Waals surface area contributed by atoms with Crippen molar-refractivity contribution in [3.8, 4) is 11.5 Å². The van der Waals surface area contributed by atoms with Crippen molar-refractivity contribution in [1.82, 2.24) is 10.6 Å². The van der Waals surface area contributed by atoms with Crippen molar-refractivity contribution in [2.45, 2.75) is 33.4 Å². The van der Waals surface area contributed by atoms with Gasteiger partial charge >= 0.3 is 12.0 Å². The Kier molecular flexibility index (Phi) is 7.57. The number of amides is 2. The predicted octanol–water partition coefficient (Wildman–Crippen LogP) is 4.62. The third-order valence-corrected chi connectivity index (χ3v) is 5.20. The Hall–Kier alpha value is -3.00. The van der Waals surface area contributed by atoms with Gasteiger partial charge in [0.25, 0.3) is 0 Å². The molecule has 0 spiro atoms. The molecule has 3 rings (SSSR count). The molecule has 0 radical (unpaired) electrons. The van der Waals surface area contributed by atoms with E-state index in [1.54, 1.807) is 26.0 Å². The van der Waals surface area contributed by atoms with Crippen molar-refractivity contribution < 1.29 is 23.8 Å². The maximum absolute atomic E-state index is 12.5. The third-order valence-electron chi connectivity index (χ3n) is 4.67. The molecule has 0 aromatic heterocycles. The first-order valence-corrected chi connectivity index (χ1v) is 10.8.